The summed E-state index contributed by atoms with van der Waals surface area (Å²) in [4.78, 5) is 11.3. The SMILES string of the molecule is CCC1CC(NS(=O)(=O)CCn2cncn2)CC1c1nnc2cnc3[nH]ccc3n12. The largest absolute Gasteiger partial charge is 0.345 e. The molecule has 0 amide bonds. The molecule has 1 saturated carbocycles. The zero-order valence-electron chi connectivity index (χ0n) is 16.5. The molecule has 0 radical (unpaired) electrons. The molecule has 158 valence electrons. The molecule has 5 rings (SSSR count). The number of fused-ring (bicyclic) bond motifs is 3. The lowest BCUT2D eigenvalue weighted by Gasteiger charge is -2.16. The van der Waals surface area contributed by atoms with Crippen molar-refractivity contribution in [2.24, 2.45) is 5.92 Å². The van der Waals surface area contributed by atoms with Crippen molar-refractivity contribution in [2.45, 2.75) is 44.7 Å². The Hall–Kier alpha value is -2.86. The van der Waals surface area contributed by atoms with E-state index >= 15 is 0 Å². The first kappa shape index (κ1) is 19.1. The average Bonchev–Trinajstić information content (AvgIpc) is 3.50. The van der Waals surface area contributed by atoms with Gasteiger partial charge in [-0.25, -0.2) is 23.1 Å². The molecule has 1 aliphatic carbocycles. The van der Waals surface area contributed by atoms with Crippen LogP contribution in [0, 0.1) is 5.92 Å². The summed E-state index contributed by atoms with van der Waals surface area (Å²) in [6, 6.07) is 1.83. The fourth-order valence-corrected chi connectivity index (χ4v) is 5.75. The molecule has 11 nitrogen and oxygen atoms in total. The second kappa shape index (κ2) is 7.43. The molecule has 3 unspecified atom stereocenters. The van der Waals surface area contributed by atoms with Gasteiger partial charge in [0, 0.05) is 18.2 Å². The topological polar surface area (TPSA) is 136 Å². The smallest absolute Gasteiger partial charge is 0.213 e. The number of aryl methyl sites for hydroxylation is 1. The van der Waals surface area contributed by atoms with Gasteiger partial charge in [0.2, 0.25) is 10.0 Å². The zero-order valence-corrected chi connectivity index (χ0v) is 17.3. The minimum Gasteiger partial charge on any atom is -0.345 e. The third-order valence-corrected chi connectivity index (χ3v) is 7.33. The summed E-state index contributed by atoms with van der Waals surface area (Å²) in [5.41, 5.74) is 2.41. The number of sulfonamides is 1. The second-order valence-corrected chi connectivity index (χ2v) is 9.63. The third kappa shape index (κ3) is 3.45. The van der Waals surface area contributed by atoms with E-state index in [1.54, 1.807) is 6.20 Å². The van der Waals surface area contributed by atoms with Crippen LogP contribution in [-0.4, -0.2) is 59.5 Å². The first-order chi connectivity index (χ1) is 14.5. The van der Waals surface area contributed by atoms with Crippen molar-refractivity contribution >= 4 is 26.8 Å². The quantitative estimate of drug-likeness (QED) is 0.449. The Morgan fingerprint density at radius 2 is 2.20 bits per heavy atom. The first-order valence-corrected chi connectivity index (χ1v) is 11.7. The van der Waals surface area contributed by atoms with Gasteiger partial charge in [0.15, 0.2) is 11.3 Å². The van der Waals surface area contributed by atoms with Gasteiger partial charge in [-0.1, -0.05) is 13.3 Å². The summed E-state index contributed by atoms with van der Waals surface area (Å²) in [5.74, 6) is 1.28. The predicted octanol–water partition coefficient (Wildman–Crippen LogP) is 1.09. The lowest BCUT2D eigenvalue weighted by molar-refractivity contribution is 0.449. The number of rotatable bonds is 7. The highest BCUT2D eigenvalue weighted by atomic mass is 32.2. The van der Waals surface area contributed by atoms with E-state index < -0.39 is 10.0 Å². The fourth-order valence-electron chi connectivity index (χ4n) is 4.50. The summed E-state index contributed by atoms with van der Waals surface area (Å²) in [5, 5.41) is 12.7. The summed E-state index contributed by atoms with van der Waals surface area (Å²) >= 11 is 0. The Labute approximate surface area is 173 Å². The Bertz CT molecular complexity index is 1260. The maximum absolute atomic E-state index is 12.6. The van der Waals surface area contributed by atoms with Crippen LogP contribution in [0.25, 0.3) is 16.8 Å². The highest BCUT2D eigenvalue weighted by Gasteiger charge is 2.38. The Balaban J connectivity index is 1.37. The van der Waals surface area contributed by atoms with Gasteiger partial charge < -0.3 is 4.98 Å². The van der Waals surface area contributed by atoms with Crippen molar-refractivity contribution in [3.05, 3.63) is 36.9 Å². The molecule has 0 aliphatic heterocycles. The molecule has 1 fully saturated rings. The fraction of sp³-hybridized carbons (Fsp3) is 0.500. The van der Waals surface area contributed by atoms with Crippen LogP contribution in [0.5, 0.6) is 0 Å². The number of aromatic nitrogens is 8. The van der Waals surface area contributed by atoms with Crippen molar-refractivity contribution in [1.29, 1.82) is 0 Å². The van der Waals surface area contributed by atoms with E-state index in [4.69, 9.17) is 0 Å². The van der Waals surface area contributed by atoms with E-state index in [2.05, 4.69) is 41.9 Å². The molecule has 1 aliphatic rings. The molecule has 4 aromatic rings. The third-order valence-electron chi connectivity index (χ3n) is 5.92. The van der Waals surface area contributed by atoms with E-state index in [-0.39, 0.29) is 24.3 Å². The van der Waals surface area contributed by atoms with Gasteiger partial charge in [-0.2, -0.15) is 5.10 Å². The Morgan fingerprint density at radius 1 is 1.30 bits per heavy atom. The number of hydrogen-bond donors (Lipinski definition) is 2. The van der Waals surface area contributed by atoms with Crippen LogP contribution in [0.15, 0.2) is 31.1 Å². The van der Waals surface area contributed by atoms with Gasteiger partial charge in [-0.3, -0.25) is 9.08 Å². The van der Waals surface area contributed by atoms with Crippen LogP contribution in [0.3, 0.4) is 0 Å². The van der Waals surface area contributed by atoms with Crippen LogP contribution < -0.4 is 4.72 Å². The molecule has 3 atom stereocenters. The lowest BCUT2D eigenvalue weighted by atomic mass is 9.93. The van der Waals surface area contributed by atoms with Gasteiger partial charge in [0.1, 0.15) is 18.5 Å². The van der Waals surface area contributed by atoms with Crippen molar-refractivity contribution in [3.63, 3.8) is 0 Å². The minimum absolute atomic E-state index is 0.0299. The Kier molecular flexibility index (Phi) is 4.74. The number of nitrogens with zero attached hydrogens (tertiary/aromatic N) is 7. The standard InChI is InChI=1S/C18H23N9O2S/c1-2-12-7-13(25-30(28,29)6-5-26-11-19-10-22-26)8-14(12)18-24-23-16-9-21-17-15(27(16)18)3-4-20-17/h3-4,9-14,20,25H,2,5-8H2,1H3. The number of hydrogen-bond acceptors (Lipinski definition) is 7. The number of H-pyrrole nitrogens is 1. The zero-order chi connectivity index (χ0) is 20.7. The monoisotopic (exact) mass is 429 g/mol. The first-order valence-electron chi connectivity index (χ1n) is 10.0. The molecule has 4 aromatic heterocycles. The Morgan fingerprint density at radius 3 is 3.00 bits per heavy atom. The van der Waals surface area contributed by atoms with Crippen LogP contribution in [0.2, 0.25) is 0 Å². The molecule has 4 heterocycles. The predicted molar refractivity (Wildman–Crippen MR) is 109 cm³/mol. The van der Waals surface area contributed by atoms with Crippen molar-refractivity contribution in [3.8, 4) is 0 Å². The minimum atomic E-state index is -3.43. The highest BCUT2D eigenvalue weighted by molar-refractivity contribution is 7.89. The van der Waals surface area contributed by atoms with Gasteiger partial charge >= 0.3 is 0 Å². The summed E-state index contributed by atoms with van der Waals surface area (Å²) in [6.45, 7) is 2.41. The van der Waals surface area contributed by atoms with Crippen LogP contribution >= 0.6 is 0 Å². The summed E-state index contributed by atoms with van der Waals surface area (Å²) < 4.78 is 31.7. The van der Waals surface area contributed by atoms with Crippen molar-refractivity contribution in [2.75, 3.05) is 5.75 Å². The van der Waals surface area contributed by atoms with E-state index in [1.807, 2.05) is 16.7 Å². The normalized spacial score (nSPS) is 22.4. The van der Waals surface area contributed by atoms with E-state index in [9.17, 15) is 8.42 Å². The molecule has 30 heavy (non-hydrogen) atoms. The molecule has 0 spiro atoms. The maximum atomic E-state index is 12.6. The second-order valence-electron chi connectivity index (χ2n) is 7.76. The van der Waals surface area contributed by atoms with Gasteiger partial charge in [0.25, 0.3) is 0 Å². The van der Waals surface area contributed by atoms with E-state index in [1.165, 1.54) is 17.3 Å². The molecule has 0 aromatic carbocycles. The lowest BCUT2D eigenvalue weighted by Crippen LogP contribution is -2.36. The summed E-state index contributed by atoms with van der Waals surface area (Å²) in [7, 11) is -3.43. The summed E-state index contributed by atoms with van der Waals surface area (Å²) in [6.07, 6.45) is 8.87. The van der Waals surface area contributed by atoms with Crippen molar-refractivity contribution in [1.82, 2.24) is 44.1 Å². The van der Waals surface area contributed by atoms with Crippen LogP contribution in [-0.2, 0) is 16.6 Å². The van der Waals surface area contributed by atoms with Crippen LogP contribution in [0.4, 0.5) is 0 Å². The van der Waals surface area contributed by atoms with Crippen molar-refractivity contribution < 1.29 is 8.42 Å². The highest BCUT2D eigenvalue weighted by Crippen LogP contribution is 2.41. The molecule has 2 N–H and O–H groups in total. The molecule has 0 saturated heterocycles. The van der Waals surface area contributed by atoms with E-state index in [0.29, 0.717) is 18.0 Å². The molecular weight excluding hydrogens is 406 g/mol. The maximum Gasteiger partial charge on any atom is 0.213 e. The van der Waals surface area contributed by atoms with Gasteiger partial charge in [-0.15, -0.1) is 10.2 Å². The van der Waals surface area contributed by atoms with Gasteiger partial charge in [-0.05, 0) is 24.8 Å². The molecule has 12 heteroatoms. The molecular formula is C18H23N9O2S. The number of nitrogens with one attached hydrogen (secondary N) is 2. The van der Waals surface area contributed by atoms with Gasteiger partial charge in [0.05, 0.1) is 24.0 Å². The number of aromatic amines is 1. The van der Waals surface area contributed by atoms with E-state index in [0.717, 1.165) is 29.8 Å². The molecule has 0 bridgehead atoms. The average molecular weight is 430 g/mol. The van der Waals surface area contributed by atoms with Crippen LogP contribution in [0.1, 0.15) is 37.9 Å².